The van der Waals surface area contributed by atoms with Crippen molar-refractivity contribution in [1.82, 2.24) is 4.72 Å². The summed E-state index contributed by atoms with van der Waals surface area (Å²) < 4.78 is 54.6. The lowest BCUT2D eigenvalue weighted by molar-refractivity contribution is -0.117. The number of carbonyl (C=O) groups excluding carboxylic acids is 1. The van der Waals surface area contributed by atoms with Crippen molar-refractivity contribution in [2.24, 2.45) is 11.7 Å². The van der Waals surface area contributed by atoms with Crippen molar-refractivity contribution in [2.45, 2.75) is 67.8 Å². The highest BCUT2D eigenvalue weighted by Crippen LogP contribution is 2.43. The summed E-state index contributed by atoms with van der Waals surface area (Å²) in [5.74, 6) is -1.21. The van der Waals surface area contributed by atoms with E-state index in [1.54, 1.807) is 0 Å². The molecule has 1 aromatic heterocycles. The van der Waals surface area contributed by atoms with Gasteiger partial charge < -0.3 is 11.1 Å². The molecule has 2 unspecified atom stereocenters. The van der Waals surface area contributed by atoms with Gasteiger partial charge in [0.05, 0.1) is 5.92 Å². The number of thiophene rings is 1. The zero-order valence-corrected chi connectivity index (χ0v) is 15.6. The summed E-state index contributed by atoms with van der Waals surface area (Å²) in [7, 11) is -3.93. The number of hydrogen-bond donors (Lipinski definition) is 3. The van der Waals surface area contributed by atoms with Gasteiger partial charge in [0.2, 0.25) is 15.9 Å². The standard InChI is InChI=1S/C16H21F2N3O3S2/c17-7-3-9(4-7)21-26(23,24)14-11-5-8(19)1-2-13(11)25-16(14)20-15(22)10-6-12(10)18/h7-10,12,21H,1-6,19H2,(H,20,22)/t7?,8-,9?,10?,12?/m0/s1. The number of nitrogens with two attached hydrogens (primary N) is 1. The minimum Gasteiger partial charge on any atom is -0.327 e. The molecule has 1 aromatic rings. The number of hydrogen-bond acceptors (Lipinski definition) is 5. The molecule has 4 N–H and O–H groups in total. The van der Waals surface area contributed by atoms with E-state index in [2.05, 4.69) is 10.0 Å². The Kier molecular flexibility index (Phi) is 4.57. The molecule has 1 heterocycles. The normalized spacial score (nSPS) is 33.3. The molecule has 6 nitrogen and oxygen atoms in total. The first-order chi connectivity index (χ1) is 12.2. The number of anilines is 1. The van der Waals surface area contributed by atoms with Crippen LogP contribution in [0.2, 0.25) is 0 Å². The first-order valence-corrected chi connectivity index (χ1v) is 11.1. The van der Waals surface area contributed by atoms with E-state index in [0.717, 1.165) is 11.3 Å². The molecule has 26 heavy (non-hydrogen) atoms. The third-order valence-corrected chi connectivity index (χ3v) is 8.18. The second kappa shape index (κ2) is 6.50. The van der Waals surface area contributed by atoms with Crippen LogP contribution in [0.5, 0.6) is 0 Å². The van der Waals surface area contributed by atoms with Crippen LogP contribution in [0.15, 0.2) is 4.90 Å². The van der Waals surface area contributed by atoms with Crippen LogP contribution in [0.25, 0.3) is 0 Å². The predicted molar refractivity (Wildman–Crippen MR) is 94.2 cm³/mol. The highest BCUT2D eigenvalue weighted by atomic mass is 32.2. The molecule has 3 atom stereocenters. The lowest BCUT2D eigenvalue weighted by atomic mass is 9.92. The summed E-state index contributed by atoms with van der Waals surface area (Å²) in [5.41, 5.74) is 6.63. The van der Waals surface area contributed by atoms with Crippen molar-refractivity contribution in [3.63, 3.8) is 0 Å². The second-order valence-electron chi connectivity index (χ2n) is 7.40. The van der Waals surface area contributed by atoms with E-state index in [1.807, 2.05) is 0 Å². The molecule has 3 aliphatic carbocycles. The molecule has 0 bridgehead atoms. The Morgan fingerprint density at radius 3 is 2.54 bits per heavy atom. The van der Waals surface area contributed by atoms with Crippen LogP contribution in [0.4, 0.5) is 13.8 Å². The van der Waals surface area contributed by atoms with Crippen molar-refractivity contribution in [2.75, 3.05) is 5.32 Å². The van der Waals surface area contributed by atoms with Crippen LogP contribution in [0.1, 0.15) is 36.1 Å². The monoisotopic (exact) mass is 405 g/mol. The van der Waals surface area contributed by atoms with Crippen molar-refractivity contribution in [1.29, 1.82) is 0 Å². The number of halogens is 2. The van der Waals surface area contributed by atoms with Crippen LogP contribution in [-0.2, 0) is 27.7 Å². The second-order valence-corrected chi connectivity index (χ2v) is 10.2. The fourth-order valence-corrected chi connectivity index (χ4v) is 6.75. The first-order valence-electron chi connectivity index (χ1n) is 8.76. The molecular weight excluding hydrogens is 384 g/mol. The quantitative estimate of drug-likeness (QED) is 0.693. The van der Waals surface area contributed by atoms with Gasteiger partial charge in [0, 0.05) is 17.0 Å². The summed E-state index contributed by atoms with van der Waals surface area (Å²) in [6.45, 7) is 0. The van der Waals surface area contributed by atoms with Crippen LogP contribution in [0, 0.1) is 5.92 Å². The SMILES string of the molecule is N[C@H]1CCc2sc(NC(=O)C3CC3F)c(S(=O)(=O)NC3CC(F)C3)c2C1. The van der Waals surface area contributed by atoms with Gasteiger partial charge in [-0.1, -0.05) is 0 Å². The van der Waals surface area contributed by atoms with E-state index in [1.165, 1.54) is 11.3 Å². The van der Waals surface area contributed by atoms with E-state index < -0.39 is 40.2 Å². The molecule has 0 radical (unpaired) electrons. The fourth-order valence-electron chi connectivity index (χ4n) is 3.51. The molecule has 144 valence electrons. The molecule has 10 heteroatoms. The van der Waals surface area contributed by atoms with Crippen LogP contribution >= 0.6 is 11.3 Å². The van der Waals surface area contributed by atoms with Crippen molar-refractivity contribution >= 4 is 32.3 Å². The summed E-state index contributed by atoms with van der Waals surface area (Å²) in [6.07, 6.45) is 0.123. The summed E-state index contributed by atoms with van der Waals surface area (Å²) in [4.78, 5) is 13.0. The number of amides is 1. The van der Waals surface area contributed by atoms with E-state index >= 15 is 0 Å². The average Bonchev–Trinajstić information content (AvgIpc) is 3.14. The number of nitrogens with one attached hydrogen (secondary N) is 2. The highest BCUT2D eigenvalue weighted by molar-refractivity contribution is 7.90. The maximum Gasteiger partial charge on any atom is 0.244 e. The van der Waals surface area contributed by atoms with Crippen LogP contribution < -0.4 is 15.8 Å². The van der Waals surface area contributed by atoms with Gasteiger partial charge in [0.25, 0.3) is 0 Å². The van der Waals surface area contributed by atoms with Gasteiger partial charge in [-0.2, -0.15) is 0 Å². The number of rotatable bonds is 5. The number of carbonyl (C=O) groups is 1. The lowest BCUT2D eigenvalue weighted by Gasteiger charge is -2.30. The van der Waals surface area contributed by atoms with E-state index in [9.17, 15) is 22.0 Å². The van der Waals surface area contributed by atoms with E-state index in [0.29, 0.717) is 18.4 Å². The smallest absolute Gasteiger partial charge is 0.244 e. The van der Waals surface area contributed by atoms with Crippen molar-refractivity contribution < 1.29 is 22.0 Å². The average molecular weight is 405 g/mol. The van der Waals surface area contributed by atoms with Crippen molar-refractivity contribution in [3.8, 4) is 0 Å². The van der Waals surface area contributed by atoms with Gasteiger partial charge in [0.15, 0.2) is 0 Å². The predicted octanol–water partition coefficient (Wildman–Crippen LogP) is 1.64. The number of alkyl halides is 2. The molecule has 0 saturated heterocycles. The fraction of sp³-hybridized carbons (Fsp3) is 0.688. The van der Waals surface area contributed by atoms with Crippen molar-refractivity contribution in [3.05, 3.63) is 10.4 Å². The van der Waals surface area contributed by atoms with E-state index in [4.69, 9.17) is 5.73 Å². The largest absolute Gasteiger partial charge is 0.327 e. The molecule has 2 saturated carbocycles. The third-order valence-electron chi connectivity index (χ3n) is 5.21. The Balaban J connectivity index is 1.66. The van der Waals surface area contributed by atoms with Crippen LogP contribution in [-0.4, -0.2) is 38.8 Å². The summed E-state index contributed by atoms with van der Waals surface area (Å²) >= 11 is 1.22. The van der Waals surface area contributed by atoms with Gasteiger partial charge >= 0.3 is 0 Å². The van der Waals surface area contributed by atoms with Gasteiger partial charge in [-0.3, -0.25) is 4.79 Å². The number of aryl methyl sites for hydroxylation is 1. The maximum atomic E-state index is 13.2. The van der Waals surface area contributed by atoms with Crippen LogP contribution in [0.3, 0.4) is 0 Å². The molecular formula is C16H21F2N3O3S2. The molecule has 1 amide bonds. The molecule has 4 rings (SSSR count). The minimum absolute atomic E-state index is 0.0272. The molecule has 2 fully saturated rings. The molecule has 3 aliphatic rings. The Morgan fingerprint density at radius 2 is 1.92 bits per heavy atom. The Labute approximate surface area is 154 Å². The van der Waals surface area contributed by atoms with Gasteiger partial charge in [0.1, 0.15) is 22.2 Å². The van der Waals surface area contributed by atoms with Gasteiger partial charge in [-0.15, -0.1) is 11.3 Å². The first kappa shape index (κ1) is 18.3. The third kappa shape index (κ3) is 3.39. The zero-order chi connectivity index (χ0) is 18.6. The maximum absolute atomic E-state index is 13.2. The minimum atomic E-state index is -3.93. The lowest BCUT2D eigenvalue weighted by Crippen LogP contribution is -2.45. The number of fused-ring (bicyclic) bond motifs is 1. The number of sulfonamides is 1. The molecule has 0 aliphatic heterocycles. The topological polar surface area (TPSA) is 101 Å². The van der Waals surface area contributed by atoms with Gasteiger partial charge in [-0.25, -0.2) is 21.9 Å². The Bertz CT molecular complexity index is 836. The highest BCUT2D eigenvalue weighted by Gasteiger charge is 2.45. The summed E-state index contributed by atoms with van der Waals surface area (Å²) in [5, 5.41) is 2.82. The Hall–Kier alpha value is -1.10. The Morgan fingerprint density at radius 1 is 1.23 bits per heavy atom. The molecule has 0 spiro atoms. The van der Waals surface area contributed by atoms with E-state index in [-0.39, 0.29) is 35.2 Å². The van der Waals surface area contributed by atoms with Gasteiger partial charge in [-0.05, 0) is 44.1 Å². The molecule has 0 aromatic carbocycles. The summed E-state index contributed by atoms with van der Waals surface area (Å²) in [6, 6.07) is -0.586. The zero-order valence-electron chi connectivity index (χ0n) is 14.0.